The Balaban J connectivity index is 1.39. The molecule has 3 aromatic rings. The highest BCUT2D eigenvalue weighted by atomic mass is 35.5. The molecule has 0 atom stereocenters. The van der Waals surface area contributed by atoms with E-state index in [1.165, 1.54) is 6.20 Å². The smallest absolute Gasteiger partial charge is 0.410 e. The Morgan fingerprint density at radius 2 is 1.87 bits per heavy atom. The number of amides is 1. The van der Waals surface area contributed by atoms with Gasteiger partial charge in [-0.2, -0.15) is 10.1 Å². The second-order valence-corrected chi connectivity index (χ2v) is 8.42. The van der Waals surface area contributed by atoms with Crippen LogP contribution in [0.3, 0.4) is 0 Å². The van der Waals surface area contributed by atoms with Crippen LogP contribution in [0.4, 0.5) is 10.5 Å². The molecule has 0 aliphatic carbocycles. The average Bonchev–Trinajstić information content (AvgIpc) is 3.36. The zero-order valence-electron chi connectivity index (χ0n) is 17.1. The number of aromatic amines is 1. The van der Waals surface area contributed by atoms with E-state index in [-0.39, 0.29) is 12.0 Å². The lowest BCUT2D eigenvalue weighted by atomic mass is 10.1. The van der Waals surface area contributed by atoms with Gasteiger partial charge >= 0.3 is 6.09 Å². The molecular weight excluding hydrogens is 408 g/mol. The number of aromatic nitrogens is 4. The molecule has 1 saturated heterocycles. The van der Waals surface area contributed by atoms with Crippen LogP contribution in [0, 0.1) is 0 Å². The highest BCUT2D eigenvalue weighted by molar-refractivity contribution is 6.32. The molecule has 1 N–H and O–H groups in total. The van der Waals surface area contributed by atoms with E-state index in [0.29, 0.717) is 29.6 Å². The van der Waals surface area contributed by atoms with Crippen molar-refractivity contribution in [1.82, 2.24) is 25.2 Å². The number of H-pyrrole nitrogens is 1. The first kappa shape index (κ1) is 20.2. The number of benzene rings is 1. The molecule has 3 heterocycles. The summed E-state index contributed by atoms with van der Waals surface area (Å²) >= 11 is 6.04. The van der Waals surface area contributed by atoms with Crippen molar-refractivity contribution in [3.8, 4) is 23.0 Å². The van der Waals surface area contributed by atoms with Crippen molar-refractivity contribution in [3.63, 3.8) is 0 Å². The fraction of sp³-hybridized carbons (Fsp3) is 0.400. The maximum Gasteiger partial charge on any atom is 0.410 e. The lowest BCUT2D eigenvalue weighted by molar-refractivity contribution is 0.0240. The van der Waals surface area contributed by atoms with E-state index in [2.05, 4.69) is 25.2 Å². The SMILES string of the molecule is CC(C)(C)OC(=O)N1CCN(c2ccc(-c3noc(-c4[nH]ncc4Cl)n3)cc2)CC1. The maximum atomic E-state index is 12.2. The van der Waals surface area contributed by atoms with Gasteiger partial charge in [-0.3, -0.25) is 5.10 Å². The van der Waals surface area contributed by atoms with Gasteiger partial charge in [0.05, 0.1) is 11.2 Å². The van der Waals surface area contributed by atoms with Crippen molar-refractivity contribution in [3.05, 3.63) is 35.5 Å². The largest absolute Gasteiger partial charge is 0.444 e. The van der Waals surface area contributed by atoms with Crippen LogP contribution in [0.15, 0.2) is 35.0 Å². The number of halogens is 1. The van der Waals surface area contributed by atoms with Crippen molar-refractivity contribution in [2.24, 2.45) is 0 Å². The molecule has 0 unspecified atom stereocenters. The number of piperazine rings is 1. The van der Waals surface area contributed by atoms with Crippen LogP contribution in [0.5, 0.6) is 0 Å². The van der Waals surface area contributed by atoms with Crippen molar-refractivity contribution >= 4 is 23.4 Å². The summed E-state index contributed by atoms with van der Waals surface area (Å²) in [5, 5.41) is 11.0. The summed E-state index contributed by atoms with van der Waals surface area (Å²) in [5.74, 6) is 0.756. The number of rotatable bonds is 3. The van der Waals surface area contributed by atoms with E-state index in [1.54, 1.807) is 4.90 Å². The lowest BCUT2D eigenvalue weighted by Gasteiger charge is -2.36. The van der Waals surface area contributed by atoms with E-state index in [4.69, 9.17) is 20.9 Å². The number of nitrogens with one attached hydrogen (secondary N) is 1. The van der Waals surface area contributed by atoms with Crippen LogP contribution in [0.2, 0.25) is 5.02 Å². The number of hydrogen-bond acceptors (Lipinski definition) is 7. The minimum absolute atomic E-state index is 0.261. The third kappa shape index (κ3) is 4.40. The van der Waals surface area contributed by atoms with E-state index in [1.807, 2.05) is 45.0 Å². The van der Waals surface area contributed by atoms with Gasteiger partial charge in [-0.1, -0.05) is 16.8 Å². The molecule has 0 saturated carbocycles. The van der Waals surface area contributed by atoms with Gasteiger partial charge in [-0.15, -0.1) is 0 Å². The predicted molar refractivity (Wildman–Crippen MR) is 112 cm³/mol. The van der Waals surface area contributed by atoms with Crippen molar-refractivity contribution in [1.29, 1.82) is 0 Å². The lowest BCUT2D eigenvalue weighted by Crippen LogP contribution is -2.50. The van der Waals surface area contributed by atoms with Gasteiger partial charge in [-0.25, -0.2) is 4.79 Å². The normalized spacial score (nSPS) is 14.8. The molecule has 1 fully saturated rings. The fourth-order valence-corrected chi connectivity index (χ4v) is 3.33. The van der Waals surface area contributed by atoms with Crippen LogP contribution in [-0.2, 0) is 4.74 Å². The minimum Gasteiger partial charge on any atom is -0.444 e. The summed E-state index contributed by atoms with van der Waals surface area (Å²) in [5.41, 5.74) is 1.91. The Bertz CT molecular complexity index is 1020. The molecule has 1 aliphatic rings. The topological polar surface area (TPSA) is 100 Å². The van der Waals surface area contributed by atoms with Crippen LogP contribution in [0.25, 0.3) is 23.0 Å². The molecule has 0 radical (unpaired) electrons. The number of carbonyl (C=O) groups excluding carboxylic acids is 1. The maximum absolute atomic E-state index is 12.2. The molecule has 158 valence electrons. The zero-order valence-corrected chi connectivity index (χ0v) is 17.8. The van der Waals surface area contributed by atoms with Crippen LogP contribution in [0.1, 0.15) is 20.8 Å². The molecule has 0 bridgehead atoms. The van der Waals surface area contributed by atoms with Gasteiger partial charge in [0.1, 0.15) is 11.3 Å². The Hall–Kier alpha value is -3.07. The summed E-state index contributed by atoms with van der Waals surface area (Å²) in [6.07, 6.45) is 1.22. The van der Waals surface area contributed by atoms with Gasteiger partial charge in [0.15, 0.2) is 0 Å². The molecule has 9 nitrogen and oxygen atoms in total. The Kier molecular flexibility index (Phi) is 5.38. The number of anilines is 1. The first-order chi connectivity index (χ1) is 14.3. The quantitative estimate of drug-likeness (QED) is 0.673. The number of hydrogen-bond donors (Lipinski definition) is 1. The first-order valence-corrected chi connectivity index (χ1v) is 10.0. The number of ether oxygens (including phenoxy) is 1. The van der Waals surface area contributed by atoms with Crippen molar-refractivity contribution in [2.45, 2.75) is 26.4 Å². The third-order valence-electron chi connectivity index (χ3n) is 4.65. The second-order valence-electron chi connectivity index (χ2n) is 8.02. The van der Waals surface area contributed by atoms with E-state index in [0.717, 1.165) is 24.3 Å². The molecule has 4 rings (SSSR count). The van der Waals surface area contributed by atoms with Gasteiger partial charge < -0.3 is 19.1 Å². The molecular formula is C20H23ClN6O3. The summed E-state index contributed by atoms with van der Waals surface area (Å²) in [6.45, 7) is 8.34. The van der Waals surface area contributed by atoms with Crippen molar-refractivity contribution < 1.29 is 14.1 Å². The highest BCUT2D eigenvalue weighted by Gasteiger charge is 2.26. The molecule has 1 amide bonds. The Morgan fingerprint density at radius 1 is 1.17 bits per heavy atom. The molecule has 0 spiro atoms. The van der Waals surface area contributed by atoms with Gasteiger partial charge in [-0.05, 0) is 45.0 Å². The first-order valence-electron chi connectivity index (χ1n) is 9.66. The Labute approximate surface area is 179 Å². The van der Waals surface area contributed by atoms with Crippen molar-refractivity contribution in [2.75, 3.05) is 31.1 Å². The predicted octanol–water partition coefficient (Wildman–Crippen LogP) is 3.84. The van der Waals surface area contributed by atoms with Gasteiger partial charge in [0, 0.05) is 37.4 Å². The molecule has 1 aromatic carbocycles. The van der Waals surface area contributed by atoms with E-state index < -0.39 is 5.60 Å². The van der Waals surface area contributed by atoms with Crippen LogP contribution >= 0.6 is 11.6 Å². The highest BCUT2D eigenvalue weighted by Crippen LogP contribution is 2.27. The van der Waals surface area contributed by atoms with Crippen LogP contribution < -0.4 is 4.90 Å². The summed E-state index contributed by atoms with van der Waals surface area (Å²) in [4.78, 5) is 20.6. The third-order valence-corrected chi connectivity index (χ3v) is 4.94. The van der Waals surface area contributed by atoms with Gasteiger partial charge in [0.2, 0.25) is 5.82 Å². The van der Waals surface area contributed by atoms with Crippen LogP contribution in [-0.4, -0.2) is 63.1 Å². The standard InChI is InChI=1S/C20H23ClN6O3/c1-20(2,3)29-19(28)27-10-8-26(9-11-27)14-6-4-13(5-7-14)17-23-18(30-25-17)16-15(21)12-22-24-16/h4-7,12H,8-11H2,1-3H3,(H,22,24). The monoisotopic (exact) mass is 430 g/mol. The second kappa shape index (κ2) is 7.98. The molecule has 2 aromatic heterocycles. The fourth-order valence-electron chi connectivity index (χ4n) is 3.16. The summed E-state index contributed by atoms with van der Waals surface area (Å²) in [6, 6.07) is 7.91. The summed E-state index contributed by atoms with van der Waals surface area (Å²) in [7, 11) is 0. The molecule has 10 heteroatoms. The molecule has 30 heavy (non-hydrogen) atoms. The minimum atomic E-state index is -0.484. The van der Waals surface area contributed by atoms with Gasteiger partial charge in [0.25, 0.3) is 5.89 Å². The van der Waals surface area contributed by atoms with E-state index in [9.17, 15) is 4.79 Å². The molecule has 1 aliphatic heterocycles. The van der Waals surface area contributed by atoms with E-state index >= 15 is 0 Å². The number of nitrogens with zero attached hydrogens (tertiary/aromatic N) is 5. The number of carbonyl (C=O) groups is 1. The average molecular weight is 431 g/mol. The zero-order chi connectivity index (χ0) is 21.3. The Morgan fingerprint density at radius 3 is 2.47 bits per heavy atom. The summed E-state index contributed by atoms with van der Waals surface area (Å²) < 4.78 is 10.7.